The van der Waals surface area contributed by atoms with Crippen molar-refractivity contribution < 1.29 is 4.79 Å². The first-order chi connectivity index (χ1) is 12.2. The Morgan fingerprint density at radius 2 is 1.88 bits per heavy atom. The molecule has 0 aliphatic carbocycles. The number of benzene rings is 1. The molecular weight excluding hydrogens is 314 g/mol. The molecule has 0 atom stereocenters. The van der Waals surface area contributed by atoms with Crippen molar-refractivity contribution in [2.75, 3.05) is 38.0 Å². The van der Waals surface area contributed by atoms with Gasteiger partial charge in [-0.1, -0.05) is 31.2 Å². The number of hydrogen-bond donors (Lipinski definition) is 1. The highest BCUT2D eigenvalue weighted by Gasteiger charge is 2.22. The SMILES string of the molecule is CCN1CCN(C(=O)c2cnc(NCc3ccccc3C)cn2)CC1. The molecule has 0 unspecified atom stereocenters. The molecule has 1 amide bonds. The zero-order valence-corrected chi connectivity index (χ0v) is 14.9. The van der Waals surface area contributed by atoms with Gasteiger partial charge in [-0.15, -0.1) is 0 Å². The number of aromatic nitrogens is 2. The van der Waals surface area contributed by atoms with E-state index in [4.69, 9.17) is 0 Å². The monoisotopic (exact) mass is 339 g/mol. The van der Waals surface area contributed by atoms with Crippen LogP contribution in [-0.2, 0) is 6.54 Å². The predicted molar refractivity (Wildman–Crippen MR) is 98.6 cm³/mol. The van der Waals surface area contributed by atoms with Crippen LogP contribution in [0.1, 0.15) is 28.5 Å². The summed E-state index contributed by atoms with van der Waals surface area (Å²) in [6.07, 6.45) is 3.20. The van der Waals surface area contributed by atoms with E-state index in [1.54, 1.807) is 12.4 Å². The van der Waals surface area contributed by atoms with Crippen LogP contribution in [0.2, 0.25) is 0 Å². The van der Waals surface area contributed by atoms with Gasteiger partial charge in [-0.25, -0.2) is 9.97 Å². The molecule has 0 saturated carbocycles. The maximum Gasteiger partial charge on any atom is 0.274 e. The first kappa shape index (κ1) is 17.4. The third-order valence-corrected chi connectivity index (χ3v) is 4.70. The predicted octanol–water partition coefficient (Wildman–Crippen LogP) is 2.17. The van der Waals surface area contributed by atoms with E-state index >= 15 is 0 Å². The lowest BCUT2D eigenvalue weighted by Crippen LogP contribution is -2.48. The van der Waals surface area contributed by atoms with E-state index < -0.39 is 0 Å². The molecule has 0 spiro atoms. The number of nitrogens with zero attached hydrogens (tertiary/aromatic N) is 4. The summed E-state index contributed by atoms with van der Waals surface area (Å²) in [6.45, 7) is 9.30. The molecular formula is C19H25N5O. The van der Waals surface area contributed by atoms with Gasteiger partial charge in [-0.2, -0.15) is 0 Å². The van der Waals surface area contributed by atoms with Gasteiger partial charge in [-0.3, -0.25) is 4.79 Å². The molecule has 3 rings (SSSR count). The molecule has 1 aliphatic heterocycles. The number of amides is 1. The number of carbonyl (C=O) groups is 1. The Labute approximate surface area is 148 Å². The Balaban J connectivity index is 1.57. The summed E-state index contributed by atoms with van der Waals surface area (Å²) in [5.74, 6) is 0.643. The van der Waals surface area contributed by atoms with E-state index in [0.717, 1.165) is 32.7 Å². The fraction of sp³-hybridized carbons (Fsp3) is 0.421. The third-order valence-electron chi connectivity index (χ3n) is 4.70. The number of piperazine rings is 1. The van der Waals surface area contributed by atoms with E-state index in [0.29, 0.717) is 18.1 Å². The average molecular weight is 339 g/mol. The molecule has 2 aromatic rings. The standard InChI is InChI=1S/C19H25N5O/c1-3-23-8-10-24(11-9-23)19(25)17-13-22-18(14-20-17)21-12-16-7-5-4-6-15(16)2/h4-7,13-14H,3,8-12H2,1-2H3,(H,21,22). The Morgan fingerprint density at radius 3 is 2.52 bits per heavy atom. The average Bonchev–Trinajstić information content (AvgIpc) is 2.67. The summed E-state index contributed by atoms with van der Waals surface area (Å²) in [4.78, 5) is 25.4. The van der Waals surface area contributed by atoms with Crippen molar-refractivity contribution in [1.82, 2.24) is 19.8 Å². The Hall–Kier alpha value is -2.47. The highest BCUT2D eigenvalue weighted by Crippen LogP contribution is 2.11. The number of anilines is 1. The Morgan fingerprint density at radius 1 is 1.12 bits per heavy atom. The molecule has 1 aromatic carbocycles. The van der Waals surface area contributed by atoms with Crippen molar-refractivity contribution in [1.29, 1.82) is 0 Å². The van der Waals surface area contributed by atoms with Gasteiger partial charge in [0.25, 0.3) is 5.91 Å². The van der Waals surface area contributed by atoms with Crippen molar-refractivity contribution in [3.8, 4) is 0 Å². The molecule has 25 heavy (non-hydrogen) atoms. The molecule has 6 nitrogen and oxygen atoms in total. The van der Waals surface area contributed by atoms with Crippen molar-refractivity contribution in [2.45, 2.75) is 20.4 Å². The van der Waals surface area contributed by atoms with Gasteiger partial charge in [0.15, 0.2) is 0 Å². The second-order valence-electron chi connectivity index (χ2n) is 6.29. The summed E-state index contributed by atoms with van der Waals surface area (Å²) in [5, 5.41) is 3.26. The quantitative estimate of drug-likeness (QED) is 0.905. The van der Waals surface area contributed by atoms with E-state index in [9.17, 15) is 4.79 Å². The van der Waals surface area contributed by atoms with Crippen LogP contribution in [-0.4, -0.2) is 58.4 Å². The molecule has 1 saturated heterocycles. The van der Waals surface area contributed by atoms with Crippen LogP contribution >= 0.6 is 0 Å². The summed E-state index contributed by atoms with van der Waals surface area (Å²) < 4.78 is 0. The highest BCUT2D eigenvalue weighted by molar-refractivity contribution is 5.92. The van der Waals surface area contributed by atoms with Gasteiger partial charge in [0.1, 0.15) is 11.5 Å². The van der Waals surface area contributed by atoms with Crippen molar-refractivity contribution in [3.63, 3.8) is 0 Å². The van der Waals surface area contributed by atoms with E-state index in [1.165, 1.54) is 11.1 Å². The maximum atomic E-state index is 12.5. The minimum absolute atomic E-state index is 0.0336. The lowest BCUT2D eigenvalue weighted by molar-refractivity contribution is 0.0637. The van der Waals surface area contributed by atoms with E-state index in [1.807, 2.05) is 17.0 Å². The lowest BCUT2D eigenvalue weighted by atomic mass is 10.1. The Bertz CT molecular complexity index is 708. The smallest absolute Gasteiger partial charge is 0.274 e. The fourth-order valence-electron chi connectivity index (χ4n) is 2.95. The summed E-state index contributed by atoms with van der Waals surface area (Å²) in [7, 11) is 0. The van der Waals surface area contributed by atoms with Gasteiger partial charge < -0.3 is 15.1 Å². The number of carbonyl (C=O) groups excluding carboxylic acids is 1. The molecule has 2 heterocycles. The second kappa shape index (κ2) is 8.07. The molecule has 1 aromatic heterocycles. The van der Waals surface area contributed by atoms with Crippen LogP contribution in [0.5, 0.6) is 0 Å². The van der Waals surface area contributed by atoms with Gasteiger partial charge in [-0.05, 0) is 24.6 Å². The number of rotatable bonds is 5. The maximum absolute atomic E-state index is 12.5. The largest absolute Gasteiger partial charge is 0.365 e. The van der Waals surface area contributed by atoms with E-state index in [2.05, 4.69) is 46.2 Å². The van der Waals surface area contributed by atoms with Crippen LogP contribution in [0.15, 0.2) is 36.7 Å². The molecule has 132 valence electrons. The summed E-state index contributed by atoms with van der Waals surface area (Å²) >= 11 is 0. The minimum Gasteiger partial charge on any atom is -0.365 e. The number of aryl methyl sites for hydroxylation is 1. The van der Waals surface area contributed by atoms with Crippen LogP contribution in [0.3, 0.4) is 0 Å². The Kier molecular flexibility index (Phi) is 5.60. The first-order valence-electron chi connectivity index (χ1n) is 8.79. The lowest BCUT2D eigenvalue weighted by Gasteiger charge is -2.33. The van der Waals surface area contributed by atoms with Crippen LogP contribution in [0.25, 0.3) is 0 Å². The van der Waals surface area contributed by atoms with Gasteiger partial charge in [0, 0.05) is 32.7 Å². The molecule has 0 radical (unpaired) electrons. The van der Waals surface area contributed by atoms with Crippen LogP contribution in [0.4, 0.5) is 5.82 Å². The minimum atomic E-state index is -0.0336. The fourth-order valence-corrected chi connectivity index (χ4v) is 2.95. The first-order valence-corrected chi connectivity index (χ1v) is 8.79. The van der Waals surface area contributed by atoms with Gasteiger partial charge in [0.2, 0.25) is 0 Å². The van der Waals surface area contributed by atoms with E-state index in [-0.39, 0.29) is 5.91 Å². The number of likely N-dealkylation sites (N-methyl/N-ethyl adjacent to an activating group) is 1. The van der Waals surface area contributed by atoms with Crippen LogP contribution < -0.4 is 5.32 Å². The molecule has 1 N–H and O–H groups in total. The normalized spacial score (nSPS) is 15.2. The van der Waals surface area contributed by atoms with Gasteiger partial charge >= 0.3 is 0 Å². The molecule has 0 bridgehead atoms. The van der Waals surface area contributed by atoms with Crippen LogP contribution in [0, 0.1) is 6.92 Å². The van der Waals surface area contributed by atoms with Gasteiger partial charge in [0.05, 0.1) is 12.4 Å². The molecule has 6 heteroatoms. The number of nitrogens with one attached hydrogen (secondary N) is 1. The van der Waals surface area contributed by atoms with Crippen molar-refractivity contribution in [3.05, 3.63) is 53.5 Å². The topological polar surface area (TPSA) is 61.4 Å². The molecule has 1 aliphatic rings. The van der Waals surface area contributed by atoms with Crippen molar-refractivity contribution in [2.24, 2.45) is 0 Å². The zero-order chi connectivity index (χ0) is 17.6. The second-order valence-corrected chi connectivity index (χ2v) is 6.29. The van der Waals surface area contributed by atoms with Crippen molar-refractivity contribution >= 4 is 11.7 Å². The molecule has 1 fully saturated rings. The summed E-state index contributed by atoms with van der Waals surface area (Å²) in [6, 6.07) is 8.22. The number of hydrogen-bond acceptors (Lipinski definition) is 5. The zero-order valence-electron chi connectivity index (χ0n) is 14.9. The highest BCUT2D eigenvalue weighted by atomic mass is 16.2. The third kappa shape index (κ3) is 4.33. The summed E-state index contributed by atoms with van der Waals surface area (Å²) in [5.41, 5.74) is 2.87.